The van der Waals surface area contributed by atoms with Gasteiger partial charge in [-0.1, -0.05) is 29.8 Å². The highest BCUT2D eigenvalue weighted by Gasteiger charge is 2.15. The Kier molecular flexibility index (Phi) is 6.50. The van der Waals surface area contributed by atoms with Gasteiger partial charge < -0.3 is 14.8 Å². The van der Waals surface area contributed by atoms with Crippen LogP contribution in [0.2, 0.25) is 5.02 Å². The molecule has 0 aliphatic heterocycles. The number of benzene rings is 2. The second-order valence-electron chi connectivity index (χ2n) is 5.49. The van der Waals surface area contributed by atoms with Gasteiger partial charge in [-0.3, -0.25) is 4.79 Å². The third-order valence-corrected chi connectivity index (χ3v) is 4.23. The molecule has 0 saturated heterocycles. The maximum atomic E-state index is 12.2. The van der Waals surface area contributed by atoms with Crippen LogP contribution in [0.5, 0.6) is 11.5 Å². The number of nitrogens with one attached hydrogen (secondary N) is 1. The molecule has 0 saturated carbocycles. The Hall–Kier alpha value is -2.20. The first-order valence-electron chi connectivity index (χ1n) is 7.80. The molecule has 0 aliphatic carbocycles. The summed E-state index contributed by atoms with van der Waals surface area (Å²) < 4.78 is 10.6. The molecule has 0 fully saturated rings. The van der Waals surface area contributed by atoms with Gasteiger partial charge in [0.05, 0.1) is 20.3 Å². The lowest BCUT2D eigenvalue weighted by Crippen LogP contribution is -2.27. The Morgan fingerprint density at radius 2 is 1.92 bits per heavy atom. The summed E-state index contributed by atoms with van der Waals surface area (Å²) in [6.07, 6.45) is 0.980. The lowest BCUT2D eigenvalue weighted by molar-refractivity contribution is -0.121. The average Bonchev–Trinajstić information content (AvgIpc) is 2.60. The standard InChI is InChI=1S/C19H22ClNO3/c1-13(16-12-15(23-2)9-10-18(16)24-3)21-19(22)11-8-14-6-4-5-7-17(14)20/h4-7,9-10,12-13H,8,11H2,1-3H3,(H,21,22)/t13-/m0/s1. The van der Waals surface area contributed by atoms with E-state index in [9.17, 15) is 4.79 Å². The second-order valence-corrected chi connectivity index (χ2v) is 5.90. The second kappa shape index (κ2) is 8.60. The van der Waals surface area contributed by atoms with Crippen LogP contribution in [0, 0.1) is 0 Å². The van der Waals surface area contributed by atoms with Gasteiger partial charge in [-0.05, 0) is 43.2 Å². The molecule has 0 unspecified atom stereocenters. The highest BCUT2D eigenvalue weighted by molar-refractivity contribution is 6.31. The first kappa shape index (κ1) is 18.1. The summed E-state index contributed by atoms with van der Waals surface area (Å²) in [4.78, 5) is 12.2. The molecule has 2 rings (SSSR count). The molecule has 0 bridgehead atoms. The van der Waals surface area contributed by atoms with E-state index in [1.54, 1.807) is 14.2 Å². The molecule has 0 aromatic heterocycles. The van der Waals surface area contributed by atoms with Crippen LogP contribution < -0.4 is 14.8 Å². The van der Waals surface area contributed by atoms with E-state index in [-0.39, 0.29) is 11.9 Å². The average molecular weight is 348 g/mol. The summed E-state index contributed by atoms with van der Waals surface area (Å²) >= 11 is 6.12. The molecule has 4 nitrogen and oxygen atoms in total. The number of ether oxygens (including phenoxy) is 2. The van der Waals surface area contributed by atoms with Crippen molar-refractivity contribution in [2.75, 3.05) is 14.2 Å². The Morgan fingerprint density at radius 1 is 1.17 bits per heavy atom. The molecule has 24 heavy (non-hydrogen) atoms. The fourth-order valence-corrected chi connectivity index (χ4v) is 2.75. The van der Waals surface area contributed by atoms with Crippen LogP contribution in [0.1, 0.15) is 30.5 Å². The van der Waals surface area contributed by atoms with Crippen molar-refractivity contribution in [3.63, 3.8) is 0 Å². The van der Waals surface area contributed by atoms with Crippen molar-refractivity contribution in [2.24, 2.45) is 0 Å². The molecule has 0 aliphatic rings. The van der Waals surface area contributed by atoms with E-state index in [2.05, 4.69) is 5.32 Å². The molecule has 2 aromatic carbocycles. The van der Waals surface area contributed by atoms with Gasteiger partial charge >= 0.3 is 0 Å². The lowest BCUT2D eigenvalue weighted by atomic mass is 10.1. The first-order chi connectivity index (χ1) is 11.5. The molecule has 1 N–H and O–H groups in total. The van der Waals surface area contributed by atoms with Crippen molar-refractivity contribution in [2.45, 2.75) is 25.8 Å². The smallest absolute Gasteiger partial charge is 0.220 e. The molecule has 2 aromatic rings. The molecular weight excluding hydrogens is 326 g/mol. The fraction of sp³-hybridized carbons (Fsp3) is 0.316. The van der Waals surface area contributed by atoms with E-state index < -0.39 is 0 Å². The van der Waals surface area contributed by atoms with Crippen LogP contribution in [0.3, 0.4) is 0 Å². The van der Waals surface area contributed by atoms with E-state index in [1.165, 1.54) is 0 Å². The van der Waals surface area contributed by atoms with Crippen LogP contribution >= 0.6 is 11.6 Å². The van der Waals surface area contributed by atoms with Crippen molar-refractivity contribution in [1.29, 1.82) is 0 Å². The molecule has 0 heterocycles. The van der Waals surface area contributed by atoms with E-state index in [1.807, 2.05) is 49.4 Å². The zero-order chi connectivity index (χ0) is 17.5. The van der Waals surface area contributed by atoms with Crippen LogP contribution in [0.15, 0.2) is 42.5 Å². The van der Waals surface area contributed by atoms with Gasteiger partial charge in [-0.25, -0.2) is 0 Å². The van der Waals surface area contributed by atoms with Gasteiger partial charge in [0.25, 0.3) is 0 Å². The zero-order valence-electron chi connectivity index (χ0n) is 14.1. The molecule has 5 heteroatoms. The molecule has 0 radical (unpaired) electrons. The number of amides is 1. The number of carbonyl (C=O) groups excluding carboxylic acids is 1. The predicted molar refractivity (Wildman–Crippen MR) is 95.9 cm³/mol. The highest BCUT2D eigenvalue weighted by atomic mass is 35.5. The number of methoxy groups -OCH3 is 2. The minimum Gasteiger partial charge on any atom is -0.497 e. The van der Waals surface area contributed by atoms with Crippen molar-refractivity contribution >= 4 is 17.5 Å². The molecule has 1 amide bonds. The first-order valence-corrected chi connectivity index (χ1v) is 8.17. The van der Waals surface area contributed by atoms with Crippen LogP contribution in [0.25, 0.3) is 0 Å². The molecule has 1 atom stereocenters. The normalized spacial score (nSPS) is 11.7. The summed E-state index contributed by atoms with van der Waals surface area (Å²) in [5, 5.41) is 3.68. The maximum Gasteiger partial charge on any atom is 0.220 e. The van der Waals surface area contributed by atoms with Crippen molar-refractivity contribution in [3.8, 4) is 11.5 Å². The van der Waals surface area contributed by atoms with Crippen molar-refractivity contribution in [3.05, 3.63) is 58.6 Å². The van der Waals surface area contributed by atoms with E-state index >= 15 is 0 Å². The number of hydrogen-bond acceptors (Lipinski definition) is 3. The summed E-state index contributed by atoms with van der Waals surface area (Å²) in [6.45, 7) is 1.92. The molecule has 128 valence electrons. The summed E-state index contributed by atoms with van der Waals surface area (Å²) in [6, 6.07) is 12.9. The van der Waals surface area contributed by atoms with Gasteiger partial charge in [-0.2, -0.15) is 0 Å². The monoisotopic (exact) mass is 347 g/mol. The molecular formula is C19H22ClNO3. The van der Waals surface area contributed by atoms with Gasteiger partial charge in [0.1, 0.15) is 11.5 Å². The van der Waals surface area contributed by atoms with Gasteiger partial charge in [-0.15, -0.1) is 0 Å². The zero-order valence-corrected chi connectivity index (χ0v) is 14.9. The van der Waals surface area contributed by atoms with Crippen LogP contribution in [-0.2, 0) is 11.2 Å². The largest absolute Gasteiger partial charge is 0.497 e. The maximum absolute atomic E-state index is 12.2. The summed E-state index contributed by atoms with van der Waals surface area (Å²) in [5.41, 5.74) is 1.85. The Balaban J connectivity index is 2.00. The predicted octanol–water partition coefficient (Wildman–Crippen LogP) is 4.17. The minimum atomic E-state index is -0.186. The third kappa shape index (κ3) is 4.65. The van der Waals surface area contributed by atoms with Gasteiger partial charge in [0, 0.05) is 17.0 Å². The third-order valence-electron chi connectivity index (χ3n) is 3.86. The number of aryl methyl sites for hydroxylation is 1. The van der Waals surface area contributed by atoms with Crippen LogP contribution in [-0.4, -0.2) is 20.1 Å². The van der Waals surface area contributed by atoms with E-state index in [0.29, 0.717) is 17.9 Å². The SMILES string of the molecule is COc1ccc(OC)c([C@H](C)NC(=O)CCc2ccccc2Cl)c1. The van der Waals surface area contributed by atoms with Crippen molar-refractivity contribution in [1.82, 2.24) is 5.32 Å². The number of carbonyl (C=O) groups is 1. The highest BCUT2D eigenvalue weighted by Crippen LogP contribution is 2.29. The Labute approximate surface area is 147 Å². The molecule has 0 spiro atoms. The lowest BCUT2D eigenvalue weighted by Gasteiger charge is -2.18. The van der Waals surface area contributed by atoms with Gasteiger partial charge in [0.2, 0.25) is 5.91 Å². The van der Waals surface area contributed by atoms with Crippen molar-refractivity contribution < 1.29 is 14.3 Å². The number of rotatable bonds is 7. The quantitative estimate of drug-likeness (QED) is 0.817. The number of halogens is 1. The van der Waals surface area contributed by atoms with E-state index in [4.69, 9.17) is 21.1 Å². The van der Waals surface area contributed by atoms with Crippen LogP contribution in [0.4, 0.5) is 0 Å². The summed E-state index contributed by atoms with van der Waals surface area (Å²) in [7, 11) is 3.22. The fourth-order valence-electron chi connectivity index (χ4n) is 2.52. The van der Waals surface area contributed by atoms with E-state index in [0.717, 1.165) is 22.6 Å². The Morgan fingerprint density at radius 3 is 2.58 bits per heavy atom. The number of hydrogen-bond donors (Lipinski definition) is 1. The Bertz CT molecular complexity index is 703. The van der Waals surface area contributed by atoms with Gasteiger partial charge in [0.15, 0.2) is 0 Å². The topological polar surface area (TPSA) is 47.6 Å². The minimum absolute atomic E-state index is 0.0349. The summed E-state index contributed by atoms with van der Waals surface area (Å²) in [5.74, 6) is 1.41.